The van der Waals surface area contributed by atoms with Gasteiger partial charge in [0.1, 0.15) is 11.9 Å². The minimum Gasteiger partial charge on any atom is -0.489 e. The van der Waals surface area contributed by atoms with Gasteiger partial charge in [0.2, 0.25) is 0 Å². The molecule has 0 saturated carbocycles. The summed E-state index contributed by atoms with van der Waals surface area (Å²) in [4.78, 5) is 4.35. The second-order valence-electron chi connectivity index (χ2n) is 4.44. The van der Waals surface area contributed by atoms with Gasteiger partial charge in [-0.3, -0.25) is 4.98 Å². The molecular weight excluding hydrogens is 224 g/mol. The molecule has 1 heterocycles. The molecule has 0 radical (unpaired) electrons. The molecule has 3 heteroatoms. The van der Waals surface area contributed by atoms with E-state index in [4.69, 9.17) is 4.74 Å². The van der Waals surface area contributed by atoms with Crippen LogP contribution in [-0.2, 0) is 0 Å². The zero-order chi connectivity index (χ0) is 12.8. The van der Waals surface area contributed by atoms with Gasteiger partial charge in [0, 0.05) is 24.2 Å². The van der Waals surface area contributed by atoms with Crippen molar-refractivity contribution in [2.75, 3.05) is 13.6 Å². The maximum atomic E-state index is 6.00. The lowest BCUT2D eigenvalue weighted by atomic mass is 10.2. The van der Waals surface area contributed by atoms with Gasteiger partial charge in [-0.2, -0.15) is 0 Å². The summed E-state index contributed by atoms with van der Waals surface area (Å²) in [5, 5.41) is 4.31. The van der Waals surface area contributed by atoms with Crippen LogP contribution >= 0.6 is 0 Å². The number of benzene rings is 1. The summed E-state index contributed by atoms with van der Waals surface area (Å²) >= 11 is 0. The highest BCUT2D eigenvalue weighted by Crippen LogP contribution is 2.20. The third-order valence-electron chi connectivity index (χ3n) is 2.92. The van der Waals surface area contributed by atoms with Crippen LogP contribution in [0.3, 0.4) is 0 Å². The first kappa shape index (κ1) is 12.8. The molecular formula is C15H20N2O. The average molecular weight is 244 g/mol. The third-order valence-corrected chi connectivity index (χ3v) is 2.92. The Hall–Kier alpha value is -1.61. The van der Waals surface area contributed by atoms with Crippen LogP contribution in [0.4, 0.5) is 0 Å². The molecule has 1 aromatic carbocycles. The van der Waals surface area contributed by atoms with E-state index in [0.29, 0.717) is 0 Å². The zero-order valence-corrected chi connectivity index (χ0v) is 11.0. The Morgan fingerprint density at radius 1 is 1.33 bits per heavy atom. The largest absolute Gasteiger partial charge is 0.489 e. The van der Waals surface area contributed by atoms with E-state index in [1.54, 1.807) is 0 Å². The van der Waals surface area contributed by atoms with Crippen LogP contribution in [0.1, 0.15) is 19.8 Å². The Labute approximate surface area is 108 Å². The van der Waals surface area contributed by atoms with Gasteiger partial charge in [-0.15, -0.1) is 0 Å². The van der Waals surface area contributed by atoms with Crippen LogP contribution in [0, 0.1) is 0 Å². The maximum absolute atomic E-state index is 6.00. The Morgan fingerprint density at radius 2 is 2.22 bits per heavy atom. The maximum Gasteiger partial charge on any atom is 0.121 e. The van der Waals surface area contributed by atoms with Crippen molar-refractivity contribution >= 4 is 10.9 Å². The molecule has 0 aliphatic heterocycles. The average Bonchev–Trinajstić information content (AvgIpc) is 2.39. The summed E-state index contributed by atoms with van der Waals surface area (Å²) in [6.45, 7) is 3.04. The van der Waals surface area contributed by atoms with Crippen molar-refractivity contribution in [1.82, 2.24) is 10.3 Å². The molecule has 18 heavy (non-hydrogen) atoms. The molecule has 0 aliphatic carbocycles. The second kappa shape index (κ2) is 6.36. The Kier molecular flexibility index (Phi) is 4.53. The van der Waals surface area contributed by atoms with Crippen LogP contribution in [0.2, 0.25) is 0 Å². The van der Waals surface area contributed by atoms with E-state index in [1.807, 2.05) is 31.4 Å². The molecule has 96 valence electrons. The molecule has 2 aromatic rings. The summed E-state index contributed by atoms with van der Waals surface area (Å²) in [6, 6.07) is 10.1. The molecule has 3 nitrogen and oxygen atoms in total. The number of nitrogens with zero attached hydrogens (tertiary/aromatic N) is 1. The molecule has 0 aliphatic rings. The van der Waals surface area contributed by atoms with E-state index in [9.17, 15) is 0 Å². The molecule has 1 aromatic heterocycles. The topological polar surface area (TPSA) is 34.1 Å². The summed E-state index contributed by atoms with van der Waals surface area (Å²) in [5.74, 6) is 0.898. The van der Waals surface area contributed by atoms with Gasteiger partial charge in [0.05, 0.1) is 5.52 Å². The first-order valence-corrected chi connectivity index (χ1v) is 6.49. The molecule has 0 bridgehead atoms. The SMILES string of the molecule is CCCC(CNC)Oc1ccc2cccnc2c1. The second-order valence-corrected chi connectivity index (χ2v) is 4.44. The molecule has 1 N–H and O–H groups in total. The fourth-order valence-corrected chi connectivity index (χ4v) is 2.06. The van der Waals surface area contributed by atoms with Gasteiger partial charge in [-0.25, -0.2) is 0 Å². The monoisotopic (exact) mass is 244 g/mol. The summed E-state index contributed by atoms with van der Waals surface area (Å²) in [6.07, 6.45) is 4.21. The molecule has 0 saturated heterocycles. The highest BCUT2D eigenvalue weighted by Gasteiger charge is 2.08. The zero-order valence-electron chi connectivity index (χ0n) is 11.0. The van der Waals surface area contributed by atoms with Crippen molar-refractivity contribution in [3.05, 3.63) is 36.5 Å². The standard InChI is InChI=1S/C15H20N2O/c1-3-5-14(11-16-2)18-13-8-7-12-6-4-9-17-15(12)10-13/h4,6-10,14,16H,3,5,11H2,1-2H3. The van der Waals surface area contributed by atoms with Gasteiger partial charge in [-0.1, -0.05) is 19.4 Å². The number of hydrogen-bond donors (Lipinski definition) is 1. The van der Waals surface area contributed by atoms with Gasteiger partial charge in [0.25, 0.3) is 0 Å². The van der Waals surface area contributed by atoms with E-state index < -0.39 is 0 Å². The number of hydrogen-bond acceptors (Lipinski definition) is 3. The van der Waals surface area contributed by atoms with Crippen molar-refractivity contribution < 1.29 is 4.74 Å². The number of ether oxygens (including phenoxy) is 1. The quantitative estimate of drug-likeness (QED) is 0.848. The minimum absolute atomic E-state index is 0.223. The molecule has 0 fully saturated rings. The van der Waals surface area contributed by atoms with E-state index in [-0.39, 0.29) is 6.10 Å². The molecule has 2 rings (SSSR count). The van der Waals surface area contributed by atoms with Crippen LogP contribution in [0.5, 0.6) is 5.75 Å². The lowest BCUT2D eigenvalue weighted by molar-refractivity contribution is 0.189. The van der Waals surface area contributed by atoms with Gasteiger partial charge < -0.3 is 10.1 Å². The molecule has 0 spiro atoms. The van der Waals surface area contributed by atoms with Gasteiger partial charge in [-0.05, 0) is 31.7 Å². The van der Waals surface area contributed by atoms with Crippen molar-refractivity contribution in [2.24, 2.45) is 0 Å². The summed E-state index contributed by atoms with van der Waals surface area (Å²) in [7, 11) is 1.95. The van der Waals surface area contributed by atoms with E-state index >= 15 is 0 Å². The number of aromatic nitrogens is 1. The first-order chi connectivity index (χ1) is 8.83. The number of likely N-dealkylation sites (N-methyl/N-ethyl adjacent to an activating group) is 1. The van der Waals surface area contributed by atoms with Crippen LogP contribution in [0.25, 0.3) is 10.9 Å². The van der Waals surface area contributed by atoms with Crippen LogP contribution in [-0.4, -0.2) is 24.7 Å². The lowest BCUT2D eigenvalue weighted by Gasteiger charge is -2.18. The van der Waals surface area contributed by atoms with Crippen molar-refractivity contribution in [1.29, 1.82) is 0 Å². The molecule has 0 amide bonds. The summed E-state index contributed by atoms with van der Waals surface area (Å²) in [5.41, 5.74) is 0.981. The number of pyridine rings is 1. The van der Waals surface area contributed by atoms with Crippen LogP contribution < -0.4 is 10.1 Å². The first-order valence-electron chi connectivity index (χ1n) is 6.49. The van der Waals surface area contributed by atoms with Crippen molar-refractivity contribution in [3.8, 4) is 5.75 Å². The summed E-state index contributed by atoms with van der Waals surface area (Å²) < 4.78 is 6.00. The number of fused-ring (bicyclic) bond motifs is 1. The smallest absolute Gasteiger partial charge is 0.121 e. The molecule has 1 unspecified atom stereocenters. The number of rotatable bonds is 6. The highest BCUT2D eigenvalue weighted by atomic mass is 16.5. The van der Waals surface area contributed by atoms with Gasteiger partial charge >= 0.3 is 0 Å². The fourth-order valence-electron chi connectivity index (χ4n) is 2.06. The van der Waals surface area contributed by atoms with Crippen molar-refractivity contribution in [3.63, 3.8) is 0 Å². The highest BCUT2D eigenvalue weighted by molar-refractivity contribution is 5.79. The number of nitrogens with one attached hydrogen (secondary N) is 1. The molecule has 1 atom stereocenters. The fraction of sp³-hybridized carbons (Fsp3) is 0.400. The normalized spacial score (nSPS) is 12.6. The minimum atomic E-state index is 0.223. The van der Waals surface area contributed by atoms with E-state index in [1.165, 1.54) is 0 Å². The lowest BCUT2D eigenvalue weighted by Crippen LogP contribution is -2.29. The Balaban J connectivity index is 2.14. The van der Waals surface area contributed by atoms with E-state index in [0.717, 1.165) is 36.0 Å². The Bertz CT molecular complexity index is 493. The predicted octanol–water partition coefficient (Wildman–Crippen LogP) is 3.00. The Morgan fingerprint density at radius 3 is 3.00 bits per heavy atom. The van der Waals surface area contributed by atoms with E-state index in [2.05, 4.69) is 29.4 Å². The van der Waals surface area contributed by atoms with Crippen molar-refractivity contribution in [2.45, 2.75) is 25.9 Å². The van der Waals surface area contributed by atoms with Crippen LogP contribution in [0.15, 0.2) is 36.5 Å². The van der Waals surface area contributed by atoms with Gasteiger partial charge in [0.15, 0.2) is 0 Å². The predicted molar refractivity (Wildman–Crippen MR) is 75.0 cm³/mol. The third kappa shape index (κ3) is 3.20.